The molecule has 1 fully saturated rings. The molecular formula is C18H17NO4. The molecule has 2 aromatic rings. The summed E-state index contributed by atoms with van der Waals surface area (Å²) in [5, 5.41) is 0. The van der Waals surface area contributed by atoms with Crippen molar-refractivity contribution < 1.29 is 19.1 Å². The molecule has 0 N–H and O–H groups in total. The van der Waals surface area contributed by atoms with Crippen LogP contribution in [0.2, 0.25) is 0 Å². The van der Waals surface area contributed by atoms with E-state index in [0.29, 0.717) is 23.5 Å². The van der Waals surface area contributed by atoms with Crippen LogP contribution in [0.3, 0.4) is 0 Å². The van der Waals surface area contributed by atoms with E-state index in [9.17, 15) is 9.59 Å². The van der Waals surface area contributed by atoms with Gasteiger partial charge < -0.3 is 14.4 Å². The van der Waals surface area contributed by atoms with Crippen molar-refractivity contribution in [1.29, 1.82) is 0 Å². The largest absolute Gasteiger partial charge is 0.497 e. The quantitative estimate of drug-likeness (QED) is 0.643. The van der Waals surface area contributed by atoms with Gasteiger partial charge in [-0.2, -0.15) is 0 Å². The molecule has 1 aliphatic rings. The average Bonchev–Trinajstić information content (AvgIpc) is 3.01. The van der Waals surface area contributed by atoms with Crippen LogP contribution in [0.15, 0.2) is 48.5 Å². The second kappa shape index (κ2) is 6.52. The lowest BCUT2D eigenvalue weighted by Crippen LogP contribution is -2.23. The molecule has 0 aliphatic carbocycles. The van der Waals surface area contributed by atoms with Crippen molar-refractivity contribution in [3.63, 3.8) is 0 Å². The number of anilines is 1. The molecule has 3 rings (SSSR count). The summed E-state index contributed by atoms with van der Waals surface area (Å²) < 4.78 is 10.4. The Kier molecular flexibility index (Phi) is 4.28. The minimum Gasteiger partial charge on any atom is -0.497 e. The first-order valence-electron chi connectivity index (χ1n) is 7.44. The first-order chi connectivity index (χ1) is 11.2. The van der Waals surface area contributed by atoms with Gasteiger partial charge >= 0.3 is 5.97 Å². The Morgan fingerprint density at radius 1 is 1.09 bits per heavy atom. The molecule has 5 nitrogen and oxygen atoms in total. The molecule has 0 unspecified atom stereocenters. The van der Waals surface area contributed by atoms with Gasteiger partial charge in [-0.3, -0.25) is 4.79 Å². The van der Waals surface area contributed by atoms with E-state index >= 15 is 0 Å². The van der Waals surface area contributed by atoms with Crippen molar-refractivity contribution in [1.82, 2.24) is 0 Å². The highest BCUT2D eigenvalue weighted by molar-refractivity contribution is 5.95. The number of hydrogen-bond acceptors (Lipinski definition) is 4. The van der Waals surface area contributed by atoms with E-state index in [4.69, 9.17) is 9.47 Å². The monoisotopic (exact) mass is 311 g/mol. The Morgan fingerprint density at radius 3 is 2.52 bits per heavy atom. The molecule has 118 valence electrons. The molecule has 0 bridgehead atoms. The number of hydrogen-bond donors (Lipinski definition) is 0. The normalized spacial score (nSPS) is 14.0. The van der Waals surface area contributed by atoms with E-state index in [1.165, 1.54) is 0 Å². The van der Waals surface area contributed by atoms with Crippen LogP contribution < -0.4 is 14.4 Å². The smallest absolute Gasteiger partial charge is 0.343 e. The summed E-state index contributed by atoms with van der Waals surface area (Å²) >= 11 is 0. The lowest BCUT2D eigenvalue weighted by Gasteiger charge is -2.15. The highest BCUT2D eigenvalue weighted by atomic mass is 16.5. The van der Waals surface area contributed by atoms with Crippen molar-refractivity contribution in [3.8, 4) is 11.5 Å². The third kappa shape index (κ3) is 3.34. The number of esters is 1. The number of ether oxygens (including phenoxy) is 2. The summed E-state index contributed by atoms with van der Waals surface area (Å²) in [7, 11) is 1.54. The number of benzene rings is 2. The van der Waals surface area contributed by atoms with E-state index in [0.717, 1.165) is 18.7 Å². The maximum atomic E-state index is 12.1. The Balaban J connectivity index is 1.70. The molecule has 23 heavy (non-hydrogen) atoms. The highest BCUT2D eigenvalue weighted by Crippen LogP contribution is 2.24. The van der Waals surface area contributed by atoms with Gasteiger partial charge in [-0.15, -0.1) is 0 Å². The van der Waals surface area contributed by atoms with Crippen LogP contribution in [0.1, 0.15) is 23.2 Å². The SMILES string of the molecule is COc1cccc(C(=O)Oc2ccc(N3CCCC3=O)cc2)c1. The van der Waals surface area contributed by atoms with Gasteiger partial charge in [-0.1, -0.05) is 6.07 Å². The predicted molar refractivity (Wildman–Crippen MR) is 86.0 cm³/mol. The Morgan fingerprint density at radius 2 is 1.87 bits per heavy atom. The summed E-state index contributed by atoms with van der Waals surface area (Å²) in [5.41, 5.74) is 1.25. The van der Waals surface area contributed by atoms with Gasteiger partial charge in [0, 0.05) is 18.7 Å². The number of rotatable bonds is 4. The lowest BCUT2D eigenvalue weighted by atomic mass is 10.2. The minimum absolute atomic E-state index is 0.131. The standard InChI is InChI=1S/C18H17NO4/c1-22-16-5-2-4-13(12-16)18(21)23-15-9-7-14(8-10-15)19-11-3-6-17(19)20/h2,4-5,7-10,12H,3,6,11H2,1H3. The Labute approximate surface area is 134 Å². The second-order valence-electron chi connectivity index (χ2n) is 5.26. The fraction of sp³-hybridized carbons (Fsp3) is 0.222. The zero-order valence-electron chi connectivity index (χ0n) is 12.8. The minimum atomic E-state index is -0.450. The highest BCUT2D eigenvalue weighted by Gasteiger charge is 2.21. The number of nitrogens with zero attached hydrogens (tertiary/aromatic N) is 1. The molecule has 0 radical (unpaired) electrons. The van der Waals surface area contributed by atoms with Crippen LogP contribution in [0.25, 0.3) is 0 Å². The molecule has 1 saturated heterocycles. The van der Waals surface area contributed by atoms with E-state index < -0.39 is 5.97 Å². The molecule has 0 saturated carbocycles. The fourth-order valence-electron chi connectivity index (χ4n) is 2.53. The maximum Gasteiger partial charge on any atom is 0.343 e. The van der Waals surface area contributed by atoms with Crippen LogP contribution in [-0.4, -0.2) is 25.5 Å². The summed E-state index contributed by atoms with van der Waals surface area (Å²) in [6, 6.07) is 13.8. The third-order valence-corrected chi connectivity index (χ3v) is 3.74. The van der Waals surface area contributed by atoms with Crippen molar-refractivity contribution in [2.24, 2.45) is 0 Å². The Bertz CT molecular complexity index is 724. The molecule has 0 spiro atoms. The average molecular weight is 311 g/mol. The molecule has 0 aromatic heterocycles. The van der Waals surface area contributed by atoms with Gasteiger partial charge in [-0.25, -0.2) is 4.79 Å². The first kappa shape index (κ1) is 15.1. The fourth-order valence-corrected chi connectivity index (χ4v) is 2.53. The van der Waals surface area contributed by atoms with Crippen LogP contribution in [-0.2, 0) is 4.79 Å². The predicted octanol–water partition coefficient (Wildman–Crippen LogP) is 3.04. The number of amides is 1. The van der Waals surface area contributed by atoms with E-state index in [2.05, 4.69) is 0 Å². The summed E-state index contributed by atoms with van der Waals surface area (Å²) in [6.07, 6.45) is 1.47. The van der Waals surface area contributed by atoms with Gasteiger partial charge in [0.05, 0.1) is 12.7 Å². The number of carbonyl (C=O) groups excluding carboxylic acids is 2. The van der Waals surface area contributed by atoms with Gasteiger partial charge in [-0.05, 0) is 48.9 Å². The number of carbonyl (C=O) groups is 2. The third-order valence-electron chi connectivity index (χ3n) is 3.74. The van der Waals surface area contributed by atoms with Gasteiger partial charge in [0.2, 0.25) is 5.91 Å². The zero-order valence-corrected chi connectivity index (χ0v) is 12.8. The molecule has 1 heterocycles. The molecule has 5 heteroatoms. The van der Waals surface area contributed by atoms with Crippen molar-refractivity contribution >= 4 is 17.6 Å². The summed E-state index contributed by atoms with van der Waals surface area (Å²) in [6.45, 7) is 0.738. The molecule has 1 aliphatic heterocycles. The molecule has 1 amide bonds. The zero-order chi connectivity index (χ0) is 16.2. The van der Waals surface area contributed by atoms with Crippen LogP contribution in [0.4, 0.5) is 5.69 Å². The van der Waals surface area contributed by atoms with Crippen LogP contribution >= 0.6 is 0 Å². The van der Waals surface area contributed by atoms with Crippen molar-refractivity contribution in [2.75, 3.05) is 18.6 Å². The van der Waals surface area contributed by atoms with Crippen LogP contribution in [0.5, 0.6) is 11.5 Å². The Hall–Kier alpha value is -2.82. The van der Waals surface area contributed by atoms with Gasteiger partial charge in [0.15, 0.2) is 0 Å². The topological polar surface area (TPSA) is 55.8 Å². The van der Waals surface area contributed by atoms with E-state index in [1.54, 1.807) is 60.5 Å². The number of methoxy groups -OCH3 is 1. The van der Waals surface area contributed by atoms with Crippen molar-refractivity contribution in [2.45, 2.75) is 12.8 Å². The summed E-state index contributed by atoms with van der Waals surface area (Å²) in [5.74, 6) is 0.718. The summed E-state index contributed by atoms with van der Waals surface area (Å²) in [4.78, 5) is 25.6. The first-order valence-corrected chi connectivity index (χ1v) is 7.44. The van der Waals surface area contributed by atoms with Crippen molar-refractivity contribution in [3.05, 3.63) is 54.1 Å². The molecule has 2 aromatic carbocycles. The molecule has 0 atom stereocenters. The second-order valence-corrected chi connectivity index (χ2v) is 5.26. The van der Waals surface area contributed by atoms with Gasteiger partial charge in [0.25, 0.3) is 0 Å². The van der Waals surface area contributed by atoms with E-state index in [-0.39, 0.29) is 5.91 Å². The van der Waals surface area contributed by atoms with E-state index in [1.807, 2.05) is 0 Å². The lowest BCUT2D eigenvalue weighted by molar-refractivity contribution is -0.117. The molecular weight excluding hydrogens is 294 g/mol. The van der Waals surface area contributed by atoms with Gasteiger partial charge in [0.1, 0.15) is 11.5 Å². The van der Waals surface area contributed by atoms with Crippen LogP contribution in [0, 0.1) is 0 Å². The maximum absolute atomic E-state index is 12.1.